The predicted octanol–water partition coefficient (Wildman–Crippen LogP) is 3.52. The maximum absolute atomic E-state index is 3.50. The number of unbranched alkanes of at least 4 members (excludes halogenated alkanes) is 1. The van der Waals surface area contributed by atoms with Crippen LogP contribution in [0.4, 0.5) is 0 Å². The van der Waals surface area contributed by atoms with E-state index in [2.05, 4.69) is 41.9 Å². The van der Waals surface area contributed by atoms with E-state index in [0.29, 0.717) is 4.83 Å². The van der Waals surface area contributed by atoms with Gasteiger partial charge in [0, 0.05) is 4.83 Å². The second kappa shape index (κ2) is 6.34. The summed E-state index contributed by atoms with van der Waals surface area (Å²) in [5, 5.41) is 0. The van der Waals surface area contributed by atoms with Crippen molar-refractivity contribution < 1.29 is 0 Å². The van der Waals surface area contributed by atoms with Crippen LogP contribution in [-0.4, -0.2) is 4.83 Å². The summed E-state index contributed by atoms with van der Waals surface area (Å²) in [4.78, 5) is 0.683. The van der Waals surface area contributed by atoms with Crippen molar-refractivity contribution in [2.45, 2.75) is 37.9 Å². The molecule has 0 saturated carbocycles. The summed E-state index contributed by atoms with van der Waals surface area (Å²) in [6, 6.07) is 0. The van der Waals surface area contributed by atoms with Crippen LogP contribution < -0.4 is 0 Å². The molecule has 0 spiro atoms. The van der Waals surface area contributed by atoms with Crippen molar-refractivity contribution in [1.29, 1.82) is 0 Å². The fourth-order valence-corrected chi connectivity index (χ4v) is 1.01. The first-order valence-corrected chi connectivity index (χ1v) is 4.44. The fourth-order valence-electron chi connectivity index (χ4n) is 0.684. The fraction of sp³-hybridized carbons (Fsp3) is 0.750. The number of allylic oxidation sites excluding steroid dienone is 2. The van der Waals surface area contributed by atoms with E-state index in [1.54, 1.807) is 0 Å². The van der Waals surface area contributed by atoms with Crippen molar-refractivity contribution in [2.24, 2.45) is 0 Å². The quantitative estimate of drug-likeness (QED) is 0.362. The molecule has 0 heterocycles. The molecule has 0 aromatic heterocycles. The first-order chi connectivity index (χ1) is 4.27. The summed E-state index contributed by atoms with van der Waals surface area (Å²) >= 11 is 3.50. The molecule has 54 valence electrons. The Hall–Kier alpha value is 0.220. The predicted molar refractivity (Wildman–Crippen MR) is 47.1 cm³/mol. The molecule has 0 aliphatic rings. The Morgan fingerprint density at radius 1 is 1.56 bits per heavy atom. The van der Waals surface area contributed by atoms with Crippen LogP contribution in [0, 0.1) is 0 Å². The molecule has 1 heteroatoms. The van der Waals surface area contributed by atoms with Gasteiger partial charge in [-0.1, -0.05) is 35.0 Å². The van der Waals surface area contributed by atoms with Gasteiger partial charge in [0.05, 0.1) is 0 Å². The van der Waals surface area contributed by atoms with E-state index in [0.717, 1.165) is 0 Å². The maximum Gasteiger partial charge on any atom is 0.0117 e. The van der Waals surface area contributed by atoms with E-state index >= 15 is 0 Å². The van der Waals surface area contributed by atoms with Gasteiger partial charge in [0.1, 0.15) is 0 Å². The second-order valence-corrected chi connectivity index (χ2v) is 3.84. The molecule has 0 aromatic carbocycles. The van der Waals surface area contributed by atoms with Crippen molar-refractivity contribution in [2.75, 3.05) is 0 Å². The van der Waals surface area contributed by atoms with Gasteiger partial charge in [0.15, 0.2) is 0 Å². The molecular weight excluding hydrogens is 176 g/mol. The highest BCUT2D eigenvalue weighted by molar-refractivity contribution is 9.09. The van der Waals surface area contributed by atoms with Crippen molar-refractivity contribution >= 4 is 15.9 Å². The monoisotopic (exact) mass is 190 g/mol. The van der Waals surface area contributed by atoms with Crippen LogP contribution in [0.3, 0.4) is 0 Å². The summed E-state index contributed by atoms with van der Waals surface area (Å²) in [5.74, 6) is 0. The molecule has 0 radical (unpaired) electrons. The standard InChI is InChI=1S/C8H15Br/c1-3-4-5-6-7-8(2)9/h3-4,8H,5-7H2,1-2H3/b4-3+. The van der Waals surface area contributed by atoms with Crippen LogP contribution in [0.15, 0.2) is 12.2 Å². The molecular formula is C8H15Br. The molecule has 0 aliphatic heterocycles. The number of hydrogen-bond donors (Lipinski definition) is 0. The molecule has 0 saturated heterocycles. The number of rotatable bonds is 4. The van der Waals surface area contributed by atoms with Gasteiger partial charge >= 0.3 is 0 Å². The van der Waals surface area contributed by atoms with Gasteiger partial charge < -0.3 is 0 Å². The zero-order chi connectivity index (χ0) is 7.11. The summed E-state index contributed by atoms with van der Waals surface area (Å²) in [5.41, 5.74) is 0. The minimum atomic E-state index is 0.683. The molecule has 1 unspecified atom stereocenters. The van der Waals surface area contributed by atoms with Crippen LogP contribution in [0.2, 0.25) is 0 Å². The van der Waals surface area contributed by atoms with Gasteiger partial charge in [0.25, 0.3) is 0 Å². The molecule has 0 N–H and O–H groups in total. The van der Waals surface area contributed by atoms with Crippen LogP contribution in [0.1, 0.15) is 33.1 Å². The highest BCUT2D eigenvalue weighted by Crippen LogP contribution is 2.08. The lowest BCUT2D eigenvalue weighted by Gasteiger charge is -1.98. The summed E-state index contributed by atoms with van der Waals surface area (Å²) < 4.78 is 0. The van der Waals surface area contributed by atoms with Crippen molar-refractivity contribution in [1.82, 2.24) is 0 Å². The largest absolute Gasteiger partial charge is 0.0917 e. The Labute approximate surface area is 66.5 Å². The van der Waals surface area contributed by atoms with Crippen LogP contribution in [-0.2, 0) is 0 Å². The Morgan fingerprint density at radius 2 is 2.22 bits per heavy atom. The number of alkyl halides is 1. The summed E-state index contributed by atoms with van der Waals surface area (Å²) in [6.45, 7) is 4.26. The minimum absolute atomic E-state index is 0.683. The lowest BCUT2D eigenvalue weighted by molar-refractivity contribution is 0.749. The van der Waals surface area contributed by atoms with Crippen molar-refractivity contribution in [3.8, 4) is 0 Å². The van der Waals surface area contributed by atoms with Gasteiger partial charge in [-0.05, 0) is 26.2 Å². The van der Waals surface area contributed by atoms with E-state index in [4.69, 9.17) is 0 Å². The van der Waals surface area contributed by atoms with Crippen LogP contribution in [0.25, 0.3) is 0 Å². The SMILES string of the molecule is C/C=C/CCCC(C)Br. The Morgan fingerprint density at radius 3 is 2.67 bits per heavy atom. The molecule has 0 rings (SSSR count). The van der Waals surface area contributed by atoms with Crippen LogP contribution >= 0.6 is 15.9 Å². The summed E-state index contributed by atoms with van der Waals surface area (Å²) in [7, 11) is 0. The Kier molecular flexibility index (Phi) is 6.50. The van der Waals surface area contributed by atoms with E-state index < -0.39 is 0 Å². The zero-order valence-electron chi connectivity index (χ0n) is 6.23. The molecule has 0 aromatic rings. The molecule has 0 nitrogen and oxygen atoms in total. The molecule has 1 atom stereocenters. The molecule has 9 heavy (non-hydrogen) atoms. The topological polar surface area (TPSA) is 0 Å². The average molecular weight is 191 g/mol. The third kappa shape index (κ3) is 8.22. The zero-order valence-corrected chi connectivity index (χ0v) is 7.82. The third-order valence-electron chi connectivity index (χ3n) is 1.21. The molecule has 0 bridgehead atoms. The Balaban J connectivity index is 2.91. The number of hydrogen-bond acceptors (Lipinski definition) is 0. The van der Waals surface area contributed by atoms with E-state index in [1.807, 2.05) is 0 Å². The normalized spacial score (nSPS) is 14.6. The van der Waals surface area contributed by atoms with Crippen molar-refractivity contribution in [3.63, 3.8) is 0 Å². The molecule has 0 aliphatic carbocycles. The second-order valence-electron chi connectivity index (χ2n) is 2.28. The van der Waals surface area contributed by atoms with Gasteiger partial charge in [-0.3, -0.25) is 0 Å². The minimum Gasteiger partial charge on any atom is -0.0917 e. The molecule has 0 fully saturated rings. The van der Waals surface area contributed by atoms with E-state index in [9.17, 15) is 0 Å². The molecule has 0 amide bonds. The lowest BCUT2D eigenvalue weighted by Crippen LogP contribution is -1.87. The Bertz CT molecular complexity index is 74.6. The lowest BCUT2D eigenvalue weighted by atomic mass is 10.2. The third-order valence-corrected chi connectivity index (χ3v) is 1.67. The first-order valence-electron chi connectivity index (χ1n) is 3.52. The average Bonchev–Trinajstić information content (AvgIpc) is 1.80. The summed E-state index contributed by atoms with van der Waals surface area (Å²) in [6.07, 6.45) is 8.14. The van der Waals surface area contributed by atoms with Crippen LogP contribution in [0.5, 0.6) is 0 Å². The van der Waals surface area contributed by atoms with E-state index in [1.165, 1.54) is 19.3 Å². The first kappa shape index (κ1) is 9.22. The maximum atomic E-state index is 3.50. The highest BCUT2D eigenvalue weighted by atomic mass is 79.9. The smallest absolute Gasteiger partial charge is 0.0117 e. The van der Waals surface area contributed by atoms with Gasteiger partial charge in [-0.15, -0.1) is 0 Å². The van der Waals surface area contributed by atoms with Gasteiger partial charge in [0.2, 0.25) is 0 Å². The number of halogens is 1. The highest BCUT2D eigenvalue weighted by Gasteiger charge is 1.91. The van der Waals surface area contributed by atoms with Gasteiger partial charge in [-0.25, -0.2) is 0 Å². The van der Waals surface area contributed by atoms with Crippen molar-refractivity contribution in [3.05, 3.63) is 12.2 Å². The van der Waals surface area contributed by atoms with Gasteiger partial charge in [-0.2, -0.15) is 0 Å². The van der Waals surface area contributed by atoms with E-state index in [-0.39, 0.29) is 0 Å².